The third kappa shape index (κ3) is 3.62. The van der Waals surface area contributed by atoms with Gasteiger partial charge < -0.3 is 9.05 Å². The van der Waals surface area contributed by atoms with Gasteiger partial charge in [-0.15, -0.1) is 0 Å². The van der Waals surface area contributed by atoms with Crippen LogP contribution in [0.15, 0.2) is 176 Å². The van der Waals surface area contributed by atoms with Crippen molar-refractivity contribution in [2.24, 2.45) is 0 Å². The first-order valence-corrected chi connectivity index (χ1v) is 17.8. The molecule has 4 heterocycles. The Kier molecular flexibility index (Phi) is 5.35. The van der Waals surface area contributed by atoms with E-state index in [9.17, 15) is 0 Å². The van der Waals surface area contributed by atoms with Gasteiger partial charge in [0.05, 0.1) is 11.0 Å². The molecular formula is C48H29BN2. The lowest BCUT2D eigenvalue weighted by atomic mass is 9.45. The van der Waals surface area contributed by atoms with Crippen LogP contribution in [0.2, 0.25) is 0 Å². The minimum atomic E-state index is 0.135. The molecule has 8 aromatic carbocycles. The number of benzene rings is 8. The number of hydrogen-bond donors (Lipinski definition) is 0. The van der Waals surface area contributed by atoms with Gasteiger partial charge in [-0.3, -0.25) is 0 Å². The first-order valence-electron chi connectivity index (χ1n) is 17.8. The van der Waals surface area contributed by atoms with E-state index in [0.717, 1.165) is 0 Å². The number of nitrogens with zero attached hydrogens (tertiary/aromatic N) is 2. The Morgan fingerprint density at radius 1 is 0.333 bits per heavy atom. The quantitative estimate of drug-likeness (QED) is 0.169. The predicted octanol–water partition coefficient (Wildman–Crippen LogP) is 10.8. The molecule has 3 heteroatoms. The monoisotopic (exact) mass is 644 g/mol. The number of para-hydroxylation sites is 2. The molecule has 0 N–H and O–H groups in total. The second kappa shape index (κ2) is 10.00. The minimum Gasteiger partial charge on any atom is -0.375 e. The first kappa shape index (κ1) is 27.3. The summed E-state index contributed by atoms with van der Waals surface area (Å²) in [6.45, 7) is 0.135. The average molecular weight is 645 g/mol. The van der Waals surface area contributed by atoms with Gasteiger partial charge in [-0.1, -0.05) is 127 Å². The molecule has 0 unspecified atom stereocenters. The summed E-state index contributed by atoms with van der Waals surface area (Å²) in [7, 11) is 0. The van der Waals surface area contributed by atoms with Crippen LogP contribution in [-0.4, -0.2) is 15.9 Å². The zero-order valence-corrected chi connectivity index (χ0v) is 27.7. The number of hydrogen-bond acceptors (Lipinski definition) is 0. The molecule has 2 aromatic heterocycles. The average Bonchev–Trinajstić information content (AvgIpc) is 3.72. The summed E-state index contributed by atoms with van der Waals surface area (Å²) in [5.74, 6) is 0. The smallest absolute Gasteiger partial charge is 0.329 e. The predicted molar refractivity (Wildman–Crippen MR) is 216 cm³/mol. The molecule has 10 aromatic rings. The van der Waals surface area contributed by atoms with Crippen LogP contribution in [0, 0.1) is 0 Å². The highest BCUT2D eigenvalue weighted by atomic mass is 15.0. The number of aromatic nitrogens is 2. The van der Waals surface area contributed by atoms with Gasteiger partial charge in [-0.2, -0.15) is 0 Å². The zero-order valence-electron chi connectivity index (χ0n) is 27.7. The summed E-state index contributed by atoms with van der Waals surface area (Å²) in [5, 5.41) is 5.20. The Morgan fingerprint density at radius 2 is 0.804 bits per heavy atom. The Morgan fingerprint density at radius 3 is 1.37 bits per heavy atom. The van der Waals surface area contributed by atoms with E-state index in [-0.39, 0.29) is 6.85 Å². The van der Waals surface area contributed by atoms with Crippen molar-refractivity contribution < 1.29 is 0 Å². The maximum atomic E-state index is 2.66. The molecule has 51 heavy (non-hydrogen) atoms. The van der Waals surface area contributed by atoms with Crippen molar-refractivity contribution in [1.29, 1.82) is 0 Å². The molecule has 12 rings (SSSR count). The van der Waals surface area contributed by atoms with Gasteiger partial charge in [-0.25, -0.2) is 0 Å². The SMILES string of the molecule is c1ccc(-c2cc3c4c(c2)c2cc(-c5ccc(-n6c7ccccc7c7ccccc76)cc5)cc5c2n4B(c2ccccc2-3)c2ccccc2-5)cc1. The van der Waals surface area contributed by atoms with Crippen molar-refractivity contribution in [3.05, 3.63) is 176 Å². The molecule has 0 aliphatic carbocycles. The van der Waals surface area contributed by atoms with E-state index in [1.807, 2.05) is 0 Å². The van der Waals surface area contributed by atoms with Crippen molar-refractivity contribution in [2.75, 3.05) is 0 Å². The summed E-state index contributed by atoms with van der Waals surface area (Å²) < 4.78 is 5.05. The lowest BCUT2D eigenvalue weighted by molar-refractivity contribution is 1.18. The second-order valence-corrected chi connectivity index (χ2v) is 14.1. The largest absolute Gasteiger partial charge is 0.375 e. The molecule has 0 amide bonds. The lowest BCUT2D eigenvalue weighted by Gasteiger charge is -2.32. The summed E-state index contributed by atoms with van der Waals surface area (Å²) in [6.07, 6.45) is 0. The summed E-state index contributed by atoms with van der Waals surface area (Å²) in [6, 6.07) is 65.3. The van der Waals surface area contributed by atoms with E-state index in [1.165, 1.54) is 105 Å². The molecule has 0 fully saturated rings. The van der Waals surface area contributed by atoms with Crippen LogP contribution < -0.4 is 10.9 Å². The van der Waals surface area contributed by atoms with Gasteiger partial charge in [0.2, 0.25) is 0 Å². The maximum Gasteiger partial charge on any atom is 0.329 e. The zero-order chi connectivity index (χ0) is 33.2. The normalized spacial score (nSPS) is 12.7. The highest BCUT2D eigenvalue weighted by Gasteiger charge is 2.39. The van der Waals surface area contributed by atoms with E-state index >= 15 is 0 Å². The molecule has 234 valence electrons. The highest BCUT2D eigenvalue weighted by Crippen LogP contribution is 2.47. The first-order chi connectivity index (χ1) is 25.3. The highest BCUT2D eigenvalue weighted by molar-refractivity contribution is 6.88. The fourth-order valence-corrected chi connectivity index (χ4v) is 9.35. The number of fused-ring (bicyclic) bond motifs is 10. The molecule has 0 radical (unpaired) electrons. The molecular weight excluding hydrogens is 615 g/mol. The molecule has 0 atom stereocenters. The molecule has 0 bridgehead atoms. The van der Waals surface area contributed by atoms with E-state index in [2.05, 4.69) is 185 Å². The van der Waals surface area contributed by atoms with Crippen LogP contribution in [0.4, 0.5) is 0 Å². The maximum absolute atomic E-state index is 2.66. The lowest BCUT2D eigenvalue weighted by Crippen LogP contribution is -2.53. The van der Waals surface area contributed by atoms with Crippen LogP contribution in [0.3, 0.4) is 0 Å². The Balaban J connectivity index is 1.13. The summed E-state index contributed by atoms with van der Waals surface area (Å²) in [4.78, 5) is 0. The van der Waals surface area contributed by atoms with Gasteiger partial charge in [0.1, 0.15) is 0 Å². The van der Waals surface area contributed by atoms with Gasteiger partial charge in [0.25, 0.3) is 0 Å². The van der Waals surface area contributed by atoms with Gasteiger partial charge in [0.15, 0.2) is 0 Å². The van der Waals surface area contributed by atoms with E-state index < -0.39 is 0 Å². The van der Waals surface area contributed by atoms with E-state index in [0.29, 0.717) is 0 Å². The molecule has 2 aliphatic heterocycles. The van der Waals surface area contributed by atoms with Crippen molar-refractivity contribution >= 4 is 61.4 Å². The summed E-state index contributed by atoms with van der Waals surface area (Å²) in [5.41, 5.74) is 19.3. The Bertz CT molecular complexity index is 3020. The van der Waals surface area contributed by atoms with Crippen LogP contribution >= 0.6 is 0 Å². The standard InChI is InChI=1S/C48H29BN2/c1-2-12-30(13-3-1)32-26-39-35-14-4-8-18-43(35)49-44-19-9-5-15-36(44)40-27-33(29-42-41(28-32)47(39)51(49)48(40)42)31-22-24-34(25-23-31)50-45-20-10-6-16-37(45)38-17-7-11-21-46(38)50/h1-29H. The van der Waals surface area contributed by atoms with Gasteiger partial charge >= 0.3 is 6.85 Å². The minimum absolute atomic E-state index is 0.135. The Labute approximate surface area is 295 Å². The molecule has 2 nitrogen and oxygen atoms in total. The second-order valence-electron chi connectivity index (χ2n) is 14.1. The number of rotatable bonds is 3. The van der Waals surface area contributed by atoms with Crippen LogP contribution in [0.1, 0.15) is 0 Å². The molecule has 0 spiro atoms. The van der Waals surface area contributed by atoms with Crippen molar-refractivity contribution in [1.82, 2.24) is 9.05 Å². The van der Waals surface area contributed by atoms with Crippen molar-refractivity contribution in [3.63, 3.8) is 0 Å². The van der Waals surface area contributed by atoms with Crippen LogP contribution in [0.5, 0.6) is 0 Å². The van der Waals surface area contributed by atoms with Gasteiger partial charge in [-0.05, 0) is 92.8 Å². The fraction of sp³-hybridized carbons (Fsp3) is 0. The van der Waals surface area contributed by atoms with Crippen LogP contribution in [0.25, 0.3) is 93.8 Å². The topological polar surface area (TPSA) is 9.86 Å². The fourth-order valence-electron chi connectivity index (χ4n) is 9.35. The Hall–Kier alpha value is -6.58. The van der Waals surface area contributed by atoms with Gasteiger partial charge in [0, 0.05) is 49.4 Å². The van der Waals surface area contributed by atoms with E-state index in [4.69, 9.17) is 0 Å². The van der Waals surface area contributed by atoms with E-state index in [1.54, 1.807) is 0 Å². The summed E-state index contributed by atoms with van der Waals surface area (Å²) >= 11 is 0. The molecule has 0 saturated carbocycles. The third-order valence-electron chi connectivity index (χ3n) is 11.5. The molecule has 2 aliphatic rings. The third-order valence-corrected chi connectivity index (χ3v) is 11.5. The van der Waals surface area contributed by atoms with Crippen molar-refractivity contribution in [2.45, 2.75) is 0 Å². The van der Waals surface area contributed by atoms with Crippen LogP contribution in [-0.2, 0) is 0 Å². The molecule has 0 saturated heterocycles. The van der Waals surface area contributed by atoms with Crippen molar-refractivity contribution in [3.8, 4) is 50.2 Å².